The summed E-state index contributed by atoms with van der Waals surface area (Å²) in [6.07, 6.45) is 7.35. The lowest BCUT2D eigenvalue weighted by atomic mass is 9.83. The Bertz CT molecular complexity index is 512. The average molecular weight is 286 g/mol. The molecule has 0 N–H and O–H groups in total. The van der Waals surface area contributed by atoms with Gasteiger partial charge in [-0.05, 0) is 24.1 Å². The molecular weight excluding hydrogens is 264 g/mol. The molecule has 0 radical (unpaired) electrons. The van der Waals surface area contributed by atoms with Gasteiger partial charge in [-0.3, -0.25) is 0 Å². The van der Waals surface area contributed by atoms with Crippen LogP contribution in [0.2, 0.25) is 0 Å². The SMILES string of the molecule is C#CC[C@H]1O[C@H](OC)CC(=C)[C@@H]1Cc1ccc(OC)cc1. The van der Waals surface area contributed by atoms with Crippen molar-refractivity contribution in [2.24, 2.45) is 5.92 Å². The zero-order chi connectivity index (χ0) is 15.2. The highest BCUT2D eigenvalue weighted by molar-refractivity contribution is 5.28. The van der Waals surface area contributed by atoms with Gasteiger partial charge in [-0.2, -0.15) is 0 Å². The van der Waals surface area contributed by atoms with E-state index in [0.717, 1.165) is 24.2 Å². The third kappa shape index (κ3) is 3.87. The minimum Gasteiger partial charge on any atom is -0.497 e. The first-order valence-corrected chi connectivity index (χ1v) is 7.10. The van der Waals surface area contributed by atoms with Crippen molar-refractivity contribution < 1.29 is 14.2 Å². The van der Waals surface area contributed by atoms with E-state index in [1.54, 1.807) is 14.2 Å². The second-order valence-electron chi connectivity index (χ2n) is 5.27. The van der Waals surface area contributed by atoms with E-state index in [0.29, 0.717) is 6.42 Å². The number of ether oxygens (including phenoxy) is 3. The molecule has 3 heteroatoms. The smallest absolute Gasteiger partial charge is 0.161 e. The van der Waals surface area contributed by atoms with Crippen molar-refractivity contribution in [2.45, 2.75) is 31.7 Å². The summed E-state index contributed by atoms with van der Waals surface area (Å²) in [6.45, 7) is 4.20. The second-order valence-corrected chi connectivity index (χ2v) is 5.27. The Morgan fingerprint density at radius 1 is 1.33 bits per heavy atom. The number of methoxy groups -OCH3 is 2. The van der Waals surface area contributed by atoms with Gasteiger partial charge in [0.25, 0.3) is 0 Å². The molecule has 21 heavy (non-hydrogen) atoms. The Labute approximate surface area is 126 Å². The van der Waals surface area contributed by atoms with Gasteiger partial charge in [-0.25, -0.2) is 0 Å². The van der Waals surface area contributed by atoms with Crippen molar-refractivity contribution in [1.29, 1.82) is 0 Å². The number of benzene rings is 1. The average Bonchev–Trinajstić information content (AvgIpc) is 2.51. The van der Waals surface area contributed by atoms with Gasteiger partial charge in [0.15, 0.2) is 6.29 Å². The van der Waals surface area contributed by atoms with Gasteiger partial charge in [0.05, 0.1) is 13.2 Å². The van der Waals surface area contributed by atoms with Crippen LogP contribution in [0, 0.1) is 18.3 Å². The predicted molar refractivity (Wildman–Crippen MR) is 83.1 cm³/mol. The molecule has 112 valence electrons. The molecule has 0 aromatic heterocycles. The van der Waals surface area contributed by atoms with E-state index in [-0.39, 0.29) is 18.3 Å². The van der Waals surface area contributed by atoms with Crippen LogP contribution in [0.15, 0.2) is 36.4 Å². The molecule has 0 saturated carbocycles. The first-order chi connectivity index (χ1) is 10.2. The molecular formula is C18H22O3. The van der Waals surface area contributed by atoms with Gasteiger partial charge in [-0.1, -0.05) is 24.3 Å². The predicted octanol–water partition coefficient (Wildman–Crippen LogP) is 3.19. The Morgan fingerprint density at radius 2 is 2.05 bits per heavy atom. The van der Waals surface area contributed by atoms with Crippen LogP contribution in [0.4, 0.5) is 0 Å². The van der Waals surface area contributed by atoms with Crippen LogP contribution in [0.3, 0.4) is 0 Å². The van der Waals surface area contributed by atoms with Gasteiger partial charge in [0.1, 0.15) is 5.75 Å². The quantitative estimate of drug-likeness (QED) is 0.614. The molecule has 1 saturated heterocycles. The second kappa shape index (κ2) is 7.31. The van der Waals surface area contributed by atoms with E-state index >= 15 is 0 Å². The summed E-state index contributed by atoms with van der Waals surface area (Å²) in [5.74, 6) is 3.78. The van der Waals surface area contributed by atoms with Crippen LogP contribution in [0.25, 0.3) is 0 Å². The van der Waals surface area contributed by atoms with E-state index in [4.69, 9.17) is 20.6 Å². The molecule has 1 aliphatic rings. The summed E-state index contributed by atoms with van der Waals surface area (Å²) in [6, 6.07) is 8.08. The Morgan fingerprint density at radius 3 is 2.62 bits per heavy atom. The normalized spacial score (nSPS) is 25.4. The summed E-state index contributed by atoms with van der Waals surface area (Å²) in [7, 11) is 3.31. The fraction of sp³-hybridized carbons (Fsp3) is 0.444. The molecule has 3 atom stereocenters. The van der Waals surface area contributed by atoms with Crippen LogP contribution >= 0.6 is 0 Å². The highest BCUT2D eigenvalue weighted by atomic mass is 16.7. The van der Waals surface area contributed by atoms with E-state index in [2.05, 4.69) is 24.6 Å². The summed E-state index contributed by atoms with van der Waals surface area (Å²) in [4.78, 5) is 0. The minimum absolute atomic E-state index is 0.0386. The van der Waals surface area contributed by atoms with Crippen LogP contribution in [-0.4, -0.2) is 26.6 Å². The molecule has 1 aromatic rings. The van der Waals surface area contributed by atoms with E-state index < -0.39 is 0 Å². The Balaban J connectivity index is 2.11. The number of rotatable bonds is 5. The maximum absolute atomic E-state index is 5.93. The van der Waals surface area contributed by atoms with Crippen molar-refractivity contribution in [2.75, 3.05) is 14.2 Å². The van der Waals surface area contributed by atoms with Gasteiger partial charge in [0, 0.05) is 25.9 Å². The van der Waals surface area contributed by atoms with Gasteiger partial charge in [-0.15, -0.1) is 12.3 Å². The lowest BCUT2D eigenvalue weighted by Gasteiger charge is -2.37. The van der Waals surface area contributed by atoms with Crippen molar-refractivity contribution >= 4 is 0 Å². The highest BCUT2D eigenvalue weighted by Gasteiger charge is 2.33. The molecule has 0 bridgehead atoms. The third-order valence-corrected chi connectivity index (χ3v) is 3.93. The lowest BCUT2D eigenvalue weighted by Crippen LogP contribution is -2.38. The van der Waals surface area contributed by atoms with E-state index in [1.165, 1.54) is 5.56 Å². The monoisotopic (exact) mass is 286 g/mol. The van der Waals surface area contributed by atoms with Crippen molar-refractivity contribution in [3.63, 3.8) is 0 Å². The first kappa shape index (κ1) is 15.6. The number of hydrogen-bond donors (Lipinski definition) is 0. The minimum atomic E-state index is -0.233. The standard InChI is InChI=1S/C18H22O3/c1-5-6-17-16(13(2)11-18(20-4)21-17)12-14-7-9-15(19-3)10-8-14/h1,7-10,16-18H,2,6,11-12H2,3-4H3/t16-,17+,18-/m0/s1. The van der Waals surface area contributed by atoms with Crippen molar-refractivity contribution in [3.05, 3.63) is 42.0 Å². The molecule has 0 unspecified atom stereocenters. The summed E-state index contributed by atoms with van der Waals surface area (Å²) in [5.41, 5.74) is 2.37. The maximum atomic E-state index is 5.93. The molecule has 2 rings (SSSR count). The molecule has 1 fully saturated rings. The van der Waals surface area contributed by atoms with Crippen LogP contribution in [0.5, 0.6) is 5.75 Å². The number of hydrogen-bond acceptors (Lipinski definition) is 3. The molecule has 1 heterocycles. The summed E-state index contributed by atoms with van der Waals surface area (Å²) in [5, 5.41) is 0. The highest BCUT2D eigenvalue weighted by Crippen LogP contribution is 2.33. The summed E-state index contributed by atoms with van der Waals surface area (Å²) >= 11 is 0. The largest absolute Gasteiger partial charge is 0.497 e. The molecule has 3 nitrogen and oxygen atoms in total. The molecule has 1 aromatic carbocycles. The van der Waals surface area contributed by atoms with Crippen LogP contribution < -0.4 is 4.74 Å². The zero-order valence-corrected chi connectivity index (χ0v) is 12.7. The molecule has 1 aliphatic heterocycles. The van der Waals surface area contributed by atoms with Gasteiger partial charge < -0.3 is 14.2 Å². The Hall–Kier alpha value is -1.76. The van der Waals surface area contributed by atoms with Crippen molar-refractivity contribution in [3.8, 4) is 18.1 Å². The van der Waals surface area contributed by atoms with Gasteiger partial charge >= 0.3 is 0 Å². The molecule has 0 spiro atoms. The van der Waals surface area contributed by atoms with Crippen LogP contribution in [-0.2, 0) is 15.9 Å². The Kier molecular flexibility index (Phi) is 5.44. The van der Waals surface area contributed by atoms with Crippen LogP contribution in [0.1, 0.15) is 18.4 Å². The fourth-order valence-electron chi connectivity index (χ4n) is 2.70. The maximum Gasteiger partial charge on any atom is 0.161 e. The topological polar surface area (TPSA) is 27.7 Å². The first-order valence-electron chi connectivity index (χ1n) is 7.10. The van der Waals surface area contributed by atoms with Crippen molar-refractivity contribution in [1.82, 2.24) is 0 Å². The van der Waals surface area contributed by atoms with E-state index in [1.807, 2.05) is 12.1 Å². The zero-order valence-electron chi connectivity index (χ0n) is 12.7. The molecule has 0 amide bonds. The summed E-state index contributed by atoms with van der Waals surface area (Å²) < 4.78 is 16.4. The van der Waals surface area contributed by atoms with E-state index in [9.17, 15) is 0 Å². The fourth-order valence-corrected chi connectivity index (χ4v) is 2.70. The number of terminal acetylenes is 1. The molecule has 0 aliphatic carbocycles. The lowest BCUT2D eigenvalue weighted by molar-refractivity contribution is -0.180. The third-order valence-electron chi connectivity index (χ3n) is 3.93. The van der Waals surface area contributed by atoms with Gasteiger partial charge in [0.2, 0.25) is 0 Å².